The highest BCUT2D eigenvalue weighted by Crippen LogP contribution is 2.25. The molecule has 1 amide bonds. The number of carbonyl (C=O) groups is 2. The summed E-state index contributed by atoms with van der Waals surface area (Å²) in [5.74, 6) is -3.56. The van der Waals surface area contributed by atoms with Gasteiger partial charge in [-0.3, -0.25) is 14.5 Å². The summed E-state index contributed by atoms with van der Waals surface area (Å²) in [4.78, 5) is 24.7. The van der Waals surface area contributed by atoms with Gasteiger partial charge in [0.15, 0.2) is 5.69 Å². The molecule has 2 aromatic heterocycles. The summed E-state index contributed by atoms with van der Waals surface area (Å²) >= 11 is 6.03. The number of aliphatic carboxylic acids is 1. The number of amides is 1. The Kier molecular flexibility index (Phi) is 6.92. The van der Waals surface area contributed by atoms with Gasteiger partial charge >= 0.3 is 12.1 Å². The fraction of sp³-hybridized carbons (Fsp3) is 0.231. The number of alkyl halides is 3. The number of hydrogen-bond donors (Lipinski definition) is 2. The second-order valence-electron chi connectivity index (χ2n) is 4.88. The average Bonchev–Trinajstić information content (AvgIpc) is 2.88. The molecule has 0 radical (unpaired) electrons. The van der Waals surface area contributed by atoms with Gasteiger partial charge in [0.1, 0.15) is 5.69 Å². The number of pyridine rings is 1. The molecule has 0 spiro atoms. The summed E-state index contributed by atoms with van der Waals surface area (Å²) in [5, 5.41) is 11.5. The third-order valence-corrected chi connectivity index (χ3v) is 3.50. The van der Waals surface area contributed by atoms with Crippen molar-refractivity contribution in [1.82, 2.24) is 19.5 Å². The zero-order chi connectivity index (χ0) is 21.0. The van der Waals surface area contributed by atoms with Gasteiger partial charge in [-0.25, -0.2) is 17.9 Å². The van der Waals surface area contributed by atoms with Crippen LogP contribution in [0.5, 0.6) is 0 Å². The quantitative estimate of drug-likeness (QED) is 0.756. The summed E-state index contributed by atoms with van der Waals surface area (Å²) in [7, 11) is -2.03. The molecule has 2 aromatic rings. The number of aromatic nitrogens is 3. The topological polar surface area (TPSA) is 131 Å². The minimum atomic E-state index is -5.08. The zero-order valence-electron chi connectivity index (χ0n) is 13.7. The van der Waals surface area contributed by atoms with Crippen LogP contribution in [0.25, 0.3) is 11.4 Å². The lowest BCUT2D eigenvalue weighted by atomic mass is 10.2. The highest BCUT2D eigenvalue weighted by atomic mass is 35.5. The van der Waals surface area contributed by atoms with Crippen LogP contribution in [0.3, 0.4) is 0 Å². The zero-order valence-corrected chi connectivity index (χ0v) is 15.2. The van der Waals surface area contributed by atoms with Crippen LogP contribution >= 0.6 is 11.6 Å². The highest BCUT2D eigenvalue weighted by molar-refractivity contribution is 7.89. The van der Waals surface area contributed by atoms with E-state index in [-0.39, 0.29) is 5.69 Å². The molecule has 0 fully saturated rings. The third kappa shape index (κ3) is 6.86. The Balaban J connectivity index is 0.000000445. The fourth-order valence-electron chi connectivity index (χ4n) is 1.59. The van der Waals surface area contributed by atoms with Crippen LogP contribution in [-0.2, 0) is 21.9 Å². The van der Waals surface area contributed by atoms with Crippen LogP contribution in [0.4, 0.5) is 13.2 Å². The van der Waals surface area contributed by atoms with E-state index >= 15 is 0 Å². The molecular weight excluding hydrogens is 417 g/mol. The van der Waals surface area contributed by atoms with Crippen LogP contribution < -0.4 is 4.72 Å². The lowest BCUT2D eigenvalue weighted by Crippen LogP contribution is -2.29. The molecule has 148 valence electrons. The van der Waals surface area contributed by atoms with Gasteiger partial charge < -0.3 is 5.11 Å². The summed E-state index contributed by atoms with van der Waals surface area (Å²) in [6.07, 6.45) is -2.63. The third-order valence-electron chi connectivity index (χ3n) is 2.63. The van der Waals surface area contributed by atoms with E-state index in [1.54, 1.807) is 25.4 Å². The average molecular weight is 429 g/mol. The van der Waals surface area contributed by atoms with E-state index < -0.39 is 28.1 Å². The molecule has 0 saturated carbocycles. The first-order valence-corrected chi connectivity index (χ1v) is 8.96. The van der Waals surface area contributed by atoms with Crippen LogP contribution in [-0.4, -0.2) is 52.6 Å². The summed E-state index contributed by atoms with van der Waals surface area (Å²) in [6, 6.07) is 4.77. The molecule has 0 aromatic carbocycles. The Morgan fingerprint density at radius 2 is 1.89 bits per heavy atom. The van der Waals surface area contributed by atoms with Crippen molar-refractivity contribution in [2.24, 2.45) is 7.05 Å². The van der Waals surface area contributed by atoms with E-state index in [4.69, 9.17) is 21.5 Å². The molecule has 27 heavy (non-hydrogen) atoms. The minimum absolute atomic E-state index is 0.0327. The Labute approximate surface area is 155 Å². The molecule has 0 aliphatic heterocycles. The first-order chi connectivity index (χ1) is 12.2. The number of halogens is 4. The monoisotopic (exact) mass is 428 g/mol. The number of hydrogen-bond acceptors (Lipinski definition) is 6. The minimum Gasteiger partial charge on any atom is -0.475 e. The van der Waals surface area contributed by atoms with Crippen LogP contribution in [0.2, 0.25) is 5.02 Å². The Bertz CT molecular complexity index is 959. The summed E-state index contributed by atoms with van der Waals surface area (Å²) in [5.41, 5.74) is 0.937. The van der Waals surface area contributed by atoms with E-state index in [1.807, 2.05) is 4.72 Å². The first kappa shape index (κ1) is 22.4. The maximum absolute atomic E-state index is 11.7. The molecule has 0 atom stereocenters. The second-order valence-corrected chi connectivity index (χ2v) is 7.03. The van der Waals surface area contributed by atoms with E-state index in [9.17, 15) is 26.4 Å². The number of sulfonamides is 1. The van der Waals surface area contributed by atoms with Gasteiger partial charge in [0, 0.05) is 13.2 Å². The lowest BCUT2D eigenvalue weighted by Gasteiger charge is -2.01. The van der Waals surface area contributed by atoms with Gasteiger partial charge in [-0.05, 0) is 18.2 Å². The van der Waals surface area contributed by atoms with E-state index in [1.165, 1.54) is 10.7 Å². The Morgan fingerprint density at radius 1 is 1.33 bits per heavy atom. The van der Waals surface area contributed by atoms with Gasteiger partial charge in [-0.2, -0.15) is 18.3 Å². The second kappa shape index (κ2) is 8.35. The standard InChI is InChI=1S/C11H11ClN4O3S.C2HF3O2/c1-16-9(10-7(12)4-3-5-13-10)6-8(14-16)11(17)15-20(2,18)19;3-2(4,5)1(6)7/h3-6H,1-2H3,(H,15,17);(H,6,7). The van der Waals surface area contributed by atoms with E-state index in [0.29, 0.717) is 16.4 Å². The smallest absolute Gasteiger partial charge is 0.475 e. The number of nitrogens with one attached hydrogen (secondary N) is 1. The van der Waals surface area contributed by atoms with Gasteiger partial charge in [-0.15, -0.1) is 0 Å². The maximum atomic E-state index is 11.7. The van der Waals surface area contributed by atoms with Gasteiger partial charge in [0.05, 0.1) is 17.0 Å². The van der Waals surface area contributed by atoms with Crippen LogP contribution in [0.1, 0.15) is 10.5 Å². The molecule has 2 rings (SSSR count). The number of aryl methyl sites for hydroxylation is 1. The molecule has 9 nitrogen and oxygen atoms in total. The van der Waals surface area contributed by atoms with Crippen molar-refractivity contribution in [1.29, 1.82) is 0 Å². The molecular formula is C13H12ClF3N4O5S. The number of carboxylic acids is 1. The predicted molar refractivity (Wildman–Crippen MR) is 87.4 cm³/mol. The molecule has 2 heterocycles. The van der Waals surface area contributed by atoms with Gasteiger partial charge in [-0.1, -0.05) is 11.6 Å². The number of nitrogens with zero attached hydrogens (tertiary/aromatic N) is 3. The van der Waals surface area contributed by atoms with Gasteiger partial charge in [0.2, 0.25) is 10.0 Å². The molecule has 0 aliphatic carbocycles. The van der Waals surface area contributed by atoms with Crippen molar-refractivity contribution >= 4 is 33.5 Å². The fourth-order valence-corrected chi connectivity index (χ4v) is 2.25. The summed E-state index contributed by atoms with van der Waals surface area (Å²) in [6.45, 7) is 0. The van der Waals surface area contributed by atoms with Crippen molar-refractivity contribution in [2.75, 3.05) is 6.26 Å². The number of carbonyl (C=O) groups excluding carboxylic acids is 1. The molecule has 0 saturated heterocycles. The predicted octanol–water partition coefficient (Wildman–Crippen LogP) is 1.46. The van der Waals surface area contributed by atoms with E-state index in [2.05, 4.69) is 10.1 Å². The summed E-state index contributed by atoms with van der Waals surface area (Å²) < 4.78 is 57.1. The van der Waals surface area contributed by atoms with Crippen molar-refractivity contribution in [3.63, 3.8) is 0 Å². The van der Waals surface area contributed by atoms with Gasteiger partial charge in [0.25, 0.3) is 5.91 Å². The lowest BCUT2D eigenvalue weighted by molar-refractivity contribution is -0.192. The molecule has 2 N–H and O–H groups in total. The normalized spacial score (nSPS) is 11.3. The number of carboxylic acid groups (broad SMARTS) is 1. The van der Waals surface area contributed by atoms with Crippen molar-refractivity contribution in [3.05, 3.63) is 35.1 Å². The molecule has 0 unspecified atom stereocenters. The Hall–Kier alpha value is -2.67. The van der Waals surface area contributed by atoms with Crippen LogP contribution in [0.15, 0.2) is 24.4 Å². The largest absolute Gasteiger partial charge is 0.490 e. The van der Waals surface area contributed by atoms with Crippen molar-refractivity contribution < 1.29 is 36.3 Å². The molecule has 0 aliphatic rings. The van der Waals surface area contributed by atoms with Crippen LogP contribution in [0, 0.1) is 0 Å². The van der Waals surface area contributed by atoms with Crippen molar-refractivity contribution in [2.45, 2.75) is 6.18 Å². The maximum Gasteiger partial charge on any atom is 0.490 e. The SMILES string of the molecule is Cn1nc(C(=O)NS(C)(=O)=O)cc1-c1ncccc1Cl.O=C(O)C(F)(F)F. The van der Waals surface area contributed by atoms with E-state index in [0.717, 1.165) is 6.26 Å². The molecule has 14 heteroatoms. The highest BCUT2D eigenvalue weighted by Gasteiger charge is 2.38. The van der Waals surface area contributed by atoms with Crippen molar-refractivity contribution in [3.8, 4) is 11.4 Å². The molecule has 0 bridgehead atoms. The number of rotatable bonds is 3. The Morgan fingerprint density at radius 3 is 2.33 bits per heavy atom. The first-order valence-electron chi connectivity index (χ1n) is 6.69.